The van der Waals surface area contributed by atoms with E-state index < -0.39 is 0 Å². The Kier molecular flexibility index (Phi) is 3.75. The zero-order valence-corrected chi connectivity index (χ0v) is 9.28. The summed E-state index contributed by atoms with van der Waals surface area (Å²) in [4.78, 5) is 0. The summed E-state index contributed by atoms with van der Waals surface area (Å²) in [6.07, 6.45) is 6.02. The second-order valence-electron chi connectivity index (χ2n) is 4.02. The van der Waals surface area contributed by atoms with Crippen molar-refractivity contribution in [2.45, 2.75) is 38.5 Å². The van der Waals surface area contributed by atoms with Crippen molar-refractivity contribution in [3.05, 3.63) is 18.0 Å². The van der Waals surface area contributed by atoms with Crippen molar-refractivity contribution in [1.29, 1.82) is 0 Å². The van der Waals surface area contributed by atoms with Crippen LogP contribution in [0.3, 0.4) is 0 Å². The molecule has 0 spiro atoms. The fraction of sp³-hybridized carbons (Fsp3) is 0.727. The second-order valence-corrected chi connectivity index (χ2v) is 4.02. The van der Waals surface area contributed by atoms with Gasteiger partial charge in [-0.2, -0.15) is 5.10 Å². The van der Waals surface area contributed by atoms with Gasteiger partial charge in [-0.05, 0) is 32.4 Å². The first-order valence-electron chi connectivity index (χ1n) is 5.67. The number of rotatable bonds is 5. The van der Waals surface area contributed by atoms with E-state index in [1.165, 1.54) is 12.8 Å². The molecule has 0 aromatic carbocycles. The molecule has 2 heterocycles. The number of nitrogens with zero attached hydrogens (tertiary/aromatic N) is 2. The third-order valence-electron chi connectivity index (χ3n) is 2.76. The highest BCUT2D eigenvalue weighted by Crippen LogP contribution is 2.15. The summed E-state index contributed by atoms with van der Waals surface area (Å²) in [5.41, 5.74) is 1.10. The third kappa shape index (κ3) is 3.04. The van der Waals surface area contributed by atoms with Crippen molar-refractivity contribution in [2.75, 3.05) is 13.7 Å². The zero-order chi connectivity index (χ0) is 10.5. The van der Waals surface area contributed by atoms with Crippen molar-refractivity contribution < 1.29 is 4.74 Å². The van der Waals surface area contributed by atoms with Crippen LogP contribution < -0.4 is 5.32 Å². The minimum absolute atomic E-state index is 0.460. The monoisotopic (exact) mass is 209 g/mol. The molecule has 1 aromatic rings. The Hall–Kier alpha value is -0.870. The van der Waals surface area contributed by atoms with E-state index in [-0.39, 0.29) is 0 Å². The number of hydrogen-bond acceptors (Lipinski definition) is 3. The Balaban J connectivity index is 1.77. The quantitative estimate of drug-likeness (QED) is 0.791. The lowest BCUT2D eigenvalue weighted by Crippen LogP contribution is -2.11. The minimum atomic E-state index is 0.460. The van der Waals surface area contributed by atoms with Crippen molar-refractivity contribution in [3.63, 3.8) is 0 Å². The van der Waals surface area contributed by atoms with Crippen molar-refractivity contribution in [1.82, 2.24) is 15.1 Å². The maximum Gasteiger partial charge on any atom is 0.0762 e. The van der Waals surface area contributed by atoms with Gasteiger partial charge in [-0.3, -0.25) is 4.68 Å². The van der Waals surface area contributed by atoms with Gasteiger partial charge < -0.3 is 10.1 Å². The normalized spacial score (nSPS) is 21.0. The SMILES string of the molecule is CNCc1ccn(CCC2CCCO2)n1. The summed E-state index contributed by atoms with van der Waals surface area (Å²) in [6.45, 7) is 2.75. The van der Waals surface area contributed by atoms with Gasteiger partial charge in [0, 0.05) is 25.9 Å². The lowest BCUT2D eigenvalue weighted by Gasteiger charge is -2.08. The molecule has 0 amide bonds. The number of hydrogen-bond donors (Lipinski definition) is 1. The van der Waals surface area contributed by atoms with Crippen LogP contribution in [-0.4, -0.2) is 29.5 Å². The van der Waals surface area contributed by atoms with E-state index in [1.54, 1.807) is 0 Å². The predicted octanol–water partition coefficient (Wildman–Crippen LogP) is 1.17. The highest BCUT2D eigenvalue weighted by atomic mass is 16.5. The smallest absolute Gasteiger partial charge is 0.0762 e. The number of aryl methyl sites for hydroxylation is 1. The van der Waals surface area contributed by atoms with Crippen LogP contribution in [-0.2, 0) is 17.8 Å². The molecule has 1 saturated heterocycles. The van der Waals surface area contributed by atoms with E-state index in [4.69, 9.17) is 4.74 Å². The van der Waals surface area contributed by atoms with Gasteiger partial charge in [0.25, 0.3) is 0 Å². The number of ether oxygens (including phenoxy) is 1. The van der Waals surface area contributed by atoms with Gasteiger partial charge in [-0.1, -0.05) is 0 Å². The van der Waals surface area contributed by atoms with Gasteiger partial charge in [-0.25, -0.2) is 0 Å². The predicted molar refractivity (Wildman–Crippen MR) is 58.6 cm³/mol. The molecule has 4 heteroatoms. The molecular formula is C11H19N3O. The highest BCUT2D eigenvalue weighted by Gasteiger charge is 2.15. The summed E-state index contributed by atoms with van der Waals surface area (Å²) in [5, 5.41) is 7.55. The topological polar surface area (TPSA) is 39.1 Å². The van der Waals surface area contributed by atoms with Crippen LogP contribution in [0.2, 0.25) is 0 Å². The first-order valence-corrected chi connectivity index (χ1v) is 5.67. The van der Waals surface area contributed by atoms with Gasteiger partial charge in [0.2, 0.25) is 0 Å². The molecule has 84 valence electrons. The van der Waals surface area contributed by atoms with Crippen LogP contribution in [0.4, 0.5) is 0 Å². The van der Waals surface area contributed by atoms with Crippen LogP contribution in [0.1, 0.15) is 25.0 Å². The standard InChI is InChI=1S/C11H19N3O/c1-12-9-10-4-6-14(13-10)7-5-11-3-2-8-15-11/h4,6,11-12H,2-3,5,7-9H2,1H3. The maximum atomic E-state index is 5.58. The first-order chi connectivity index (χ1) is 7.38. The molecule has 2 rings (SSSR count). The number of aromatic nitrogens is 2. The summed E-state index contributed by atoms with van der Waals surface area (Å²) in [6, 6.07) is 2.06. The lowest BCUT2D eigenvalue weighted by molar-refractivity contribution is 0.0994. The fourth-order valence-corrected chi connectivity index (χ4v) is 1.95. The summed E-state index contributed by atoms with van der Waals surface area (Å²) >= 11 is 0. The van der Waals surface area contributed by atoms with E-state index in [0.717, 1.165) is 31.8 Å². The maximum absolute atomic E-state index is 5.58. The van der Waals surface area contributed by atoms with Crippen LogP contribution >= 0.6 is 0 Å². The molecule has 0 saturated carbocycles. The molecule has 4 nitrogen and oxygen atoms in total. The Morgan fingerprint density at radius 1 is 1.67 bits per heavy atom. The molecule has 1 fully saturated rings. The van der Waals surface area contributed by atoms with E-state index in [9.17, 15) is 0 Å². The largest absolute Gasteiger partial charge is 0.378 e. The van der Waals surface area contributed by atoms with Crippen LogP contribution in [0, 0.1) is 0 Å². The highest BCUT2D eigenvalue weighted by molar-refractivity contribution is 4.98. The van der Waals surface area contributed by atoms with Crippen molar-refractivity contribution in [2.24, 2.45) is 0 Å². The third-order valence-corrected chi connectivity index (χ3v) is 2.76. The minimum Gasteiger partial charge on any atom is -0.378 e. The molecule has 1 N–H and O–H groups in total. The summed E-state index contributed by atoms with van der Waals surface area (Å²) in [7, 11) is 1.94. The van der Waals surface area contributed by atoms with Gasteiger partial charge in [-0.15, -0.1) is 0 Å². The van der Waals surface area contributed by atoms with Crippen LogP contribution in [0.25, 0.3) is 0 Å². The van der Waals surface area contributed by atoms with Gasteiger partial charge >= 0.3 is 0 Å². The van der Waals surface area contributed by atoms with Gasteiger partial charge in [0.15, 0.2) is 0 Å². The first kappa shape index (κ1) is 10.6. The van der Waals surface area contributed by atoms with Gasteiger partial charge in [0.05, 0.1) is 11.8 Å². The fourth-order valence-electron chi connectivity index (χ4n) is 1.95. The van der Waals surface area contributed by atoms with E-state index in [0.29, 0.717) is 6.10 Å². The molecule has 0 radical (unpaired) electrons. The Bertz CT molecular complexity index is 292. The molecule has 1 unspecified atom stereocenters. The van der Waals surface area contributed by atoms with Gasteiger partial charge in [0.1, 0.15) is 0 Å². The molecule has 15 heavy (non-hydrogen) atoms. The summed E-state index contributed by atoms with van der Waals surface area (Å²) < 4.78 is 7.58. The van der Waals surface area contributed by atoms with E-state index in [2.05, 4.69) is 16.5 Å². The Labute approximate surface area is 90.6 Å². The molecule has 1 aromatic heterocycles. The Morgan fingerprint density at radius 2 is 2.60 bits per heavy atom. The molecule has 0 aliphatic carbocycles. The van der Waals surface area contributed by atoms with Crippen LogP contribution in [0.15, 0.2) is 12.3 Å². The summed E-state index contributed by atoms with van der Waals surface area (Å²) in [5.74, 6) is 0. The average molecular weight is 209 g/mol. The lowest BCUT2D eigenvalue weighted by atomic mass is 10.2. The van der Waals surface area contributed by atoms with Crippen molar-refractivity contribution in [3.8, 4) is 0 Å². The molecule has 1 aliphatic rings. The molecule has 0 bridgehead atoms. The van der Waals surface area contributed by atoms with E-state index >= 15 is 0 Å². The average Bonchev–Trinajstić information content (AvgIpc) is 2.85. The second kappa shape index (κ2) is 5.28. The van der Waals surface area contributed by atoms with Crippen LogP contribution in [0.5, 0.6) is 0 Å². The molecule has 1 aliphatic heterocycles. The number of nitrogens with one attached hydrogen (secondary N) is 1. The molecular weight excluding hydrogens is 190 g/mol. The zero-order valence-electron chi connectivity index (χ0n) is 9.28. The molecule has 1 atom stereocenters. The van der Waals surface area contributed by atoms with E-state index in [1.807, 2.05) is 17.9 Å². The van der Waals surface area contributed by atoms with Crippen molar-refractivity contribution >= 4 is 0 Å². The Morgan fingerprint density at radius 3 is 3.33 bits per heavy atom.